The fourth-order valence-electron chi connectivity index (χ4n) is 3.57. The molecule has 0 heterocycles. The van der Waals surface area contributed by atoms with Crippen molar-refractivity contribution < 1.29 is 0 Å². The number of anilines is 1. The van der Waals surface area contributed by atoms with Gasteiger partial charge in [-0.3, -0.25) is 0 Å². The third-order valence-electron chi connectivity index (χ3n) is 5.17. The van der Waals surface area contributed by atoms with Crippen LogP contribution in [0.3, 0.4) is 0 Å². The number of benzene rings is 3. The molecule has 0 amide bonds. The molecule has 134 valence electrons. The average molecular weight is 344 g/mol. The molecule has 0 saturated heterocycles. The fraction of sp³-hybridized carbons (Fsp3) is 0.280. The molecule has 0 aliphatic rings. The predicted molar refractivity (Wildman–Crippen MR) is 113 cm³/mol. The molecular weight excluding hydrogens is 314 g/mol. The smallest absolute Gasteiger partial charge is 0.0366 e. The zero-order chi connectivity index (χ0) is 18.0. The van der Waals surface area contributed by atoms with Crippen LogP contribution in [0.5, 0.6) is 0 Å². The predicted octanol–water partition coefficient (Wildman–Crippen LogP) is 6.15. The lowest BCUT2D eigenvalue weighted by Crippen LogP contribution is -2.32. The van der Waals surface area contributed by atoms with Gasteiger partial charge in [0.15, 0.2) is 0 Å². The highest BCUT2D eigenvalue weighted by Gasteiger charge is 2.15. The topological polar surface area (TPSA) is 3.24 Å². The van der Waals surface area contributed by atoms with Crippen molar-refractivity contribution in [2.24, 2.45) is 0 Å². The summed E-state index contributed by atoms with van der Waals surface area (Å²) in [6, 6.07) is 33.0. The highest BCUT2D eigenvalue weighted by Crippen LogP contribution is 2.21. The third kappa shape index (κ3) is 5.49. The lowest BCUT2D eigenvalue weighted by molar-refractivity contribution is 0.521. The Labute approximate surface area is 158 Å². The SMILES string of the molecule is CN(c1ccccc1)C(CCCc1ccccc1)CCc1ccccc1. The van der Waals surface area contributed by atoms with Crippen LogP contribution in [0.4, 0.5) is 5.69 Å². The first-order chi connectivity index (χ1) is 12.8. The Hall–Kier alpha value is -2.54. The maximum absolute atomic E-state index is 2.47. The molecule has 0 spiro atoms. The Morgan fingerprint density at radius 1 is 0.615 bits per heavy atom. The van der Waals surface area contributed by atoms with E-state index in [0.717, 1.165) is 12.8 Å². The molecule has 26 heavy (non-hydrogen) atoms. The summed E-state index contributed by atoms with van der Waals surface area (Å²) >= 11 is 0. The van der Waals surface area contributed by atoms with E-state index in [1.165, 1.54) is 36.1 Å². The second kappa shape index (κ2) is 9.82. The van der Waals surface area contributed by atoms with Crippen molar-refractivity contribution in [2.75, 3.05) is 11.9 Å². The van der Waals surface area contributed by atoms with Crippen molar-refractivity contribution in [3.05, 3.63) is 102 Å². The number of rotatable bonds is 9. The molecule has 0 bridgehead atoms. The fourth-order valence-corrected chi connectivity index (χ4v) is 3.57. The summed E-state index contributed by atoms with van der Waals surface area (Å²) in [4.78, 5) is 2.47. The van der Waals surface area contributed by atoms with Gasteiger partial charge < -0.3 is 4.90 Å². The van der Waals surface area contributed by atoms with Crippen LogP contribution in [-0.4, -0.2) is 13.1 Å². The Morgan fingerprint density at radius 3 is 1.69 bits per heavy atom. The number of para-hydroxylation sites is 1. The van der Waals surface area contributed by atoms with Crippen molar-refractivity contribution >= 4 is 5.69 Å². The quantitative estimate of drug-likeness (QED) is 0.450. The summed E-state index contributed by atoms with van der Waals surface area (Å²) in [6.07, 6.45) is 5.91. The third-order valence-corrected chi connectivity index (χ3v) is 5.17. The Kier molecular flexibility index (Phi) is 6.89. The summed E-state index contributed by atoms with van der Waals surface area (Å²) < 4.78 is 0. The maximum Gasteiger partial charge on any atom is 0.0366 e. The minimum absolute atomic E-state index is 0.557. The van der Waals surface area contributed by atoms with Crippen LogP contribution in [-0.2, 0) is 12.8 Å². The molecule has 3 rings (SSSR count). The van der Waals surface area contributed by atoms with Gasteiger partial charge in [-0.1, -0.05) is 78.9 Å². The normalized spacial score (nSPS) is 11.9. The van der Waals surface area contributed by atoms with Crippen LogP contribution in [0.2, 0.25) is 0 Å². The van der Waals surface area contributed by atoms with Gasteiger partial charge in [-0.25, -0.2) is 0 Å². The van der Waals surface area contributed by atoms with E-state index >= 15 is 0 Å². The van der Waals surface area contributed by atoms with Crippen LogP contribution < -0.4 is 4.90 Å². The van der Waals surface area contributed by atoms with Gasteiger partial charge in [0.2, 0.25) is 0 Å². The van der Waals surface area contributed by atoms with Crippen LogP contribution in [0.15, 0.2) is 91.0 Å². The Morgan fingerprint density at radius 2 is 1.12 bits per heavy atom. The number of aryl methyl sites for hydroxylation is 2. The summed E-state index contributed by atoms with van der Waals surface area (Å²) in [6.45, 7) is 0. The molecule has 0 saturated carbocycles. The molecule has 0 fully saturated rings. The van der Waals surface area contributed by atoms with Gasteiger partial charge in [0.05, 0.1) is 0 Å². The van der Waals surface area contributed by atoms with Crippen molar-refractivity contribution in [2.45, 2.75) is 38.1 Å². The lowest BCUT2D eigenvalue weighted by Gasteiger charge is -2.30. The van der Waals surface area contributed by atoms with Crippen LogP contribution in [0.25, 0.3) is 0 Å². The van der Waals surface area contributed by atoms with Gasteiger partial charge in [0.1, 0.15) is 0 Å². The molecule has 1 atom stereocenters. The van der Waals surface area contributed by atoms with E-state index < -0.39 is 0 Å². The van der Waals surface area contributed by atoms with Gasteiger partial charge >= 0.3 is 0 Å². The highest BCUT2D eigenvalue weighted by atomic mass is 15.1. The van der Waals surface area contributed by atoms with Gasteiger partial charge in [-0.2, -0.15) is 0 Å². The van der Waals surface area contributed by atoms with E-state index in [0.29, 0.717) is 6.04 Å². The van der Waals surface area contributed by atoms with Crippen molar-refractivity contribution in [3.63, 3.8) is 0 Å². The molecule has 0 N–H and O–H groups in total. The molecule has 0 aromatic heterocycles. The van der Waals surface area contributed by atoms with E-state index in [4.69, 9.17) is 0 Å². The Bertz CT molecular complexity index is 737. The van der Waals surface area contributed by atoms with E-state index in [1.807, 2.05) is 0 Å². The monoisotopic (exact) mass is 343 g/mol. The number of nitrogens with zero attached hydrogens (tertiary/aromatic N) is 1. The summed E-state index contributed by atoms with van der Waals surface area (Å²) in [5, 5.41) is 0. The lowest BCUT2D eigenvalue weighted by atomic mass is 9.97. The molecule has 3 aromatic rings. The highest BCUT2D eigenvalue weighted by molar-refractivity contribution is 5.46. The Balaban J connectivity index is 1.62. The van der Waals surface area contributed by atoms with Gasteiger partial charge in [0, 0.05) is 18.8 Å². The average Bonchev–Trinajstić information content (AvgIpc) is 2.72. The first kappa shape index (κ1) is 18.3. The minimum Gasteiger partial charge on any atom is -0.372 e. The number of hydrogen-bond donors (Lipinski definition) is 0. The van der Waals surface area contributed by atoms with Crippen molar-refractivity contribution in [1.82, 2.24) is 0 Å². The molecule has 0 aliphatic carbocycles. The van der Waals surface area contributed by atoms with E-state index in [2.05, 4.69) is 103 Å². The molecule has 3 aromatic carbocycles. The first-order valence-electron chi connectivity index (χ1n) is 9.68. The van der Waals surface area contributed by atoms with E-state index in [9.17, 15) is 0 Å². The van der Waals surface area contributed by atoms with Gasteiger partial charge in [0.25, 0.3) is 0 Å². The van der Waals surface area contributed by atoms with Crippen molar-refractivity contribution in [1.29, 1.82) is 0 Å². The number of hydrogen-bond acceptors (Lipinski definition) is 1. The second-order valence-corrected chi connectivity index (χ2v) is 7.00. The van der Waals surface area contributed by atoms with Gasteiger partial charge in [-0.05, 0) is 55.4 Å². The second-order valence-electron chi connectivity index (χ2n) is 7.00. The van der Waals surface area contributed by atoms with E-state index in [1.54, 1.807) is 0 Å². The zero-order valence-corrected chi connectivity index (χ0v) is 15.7. The summed E-state index contributed by atoms with van der Waals surface area (Å²) in [7, 11) is 2.24. The maximum atomic E-state index is 2.47. The van der Waals surface area contributed by atoms with Crippen LogP contribution in [0.1, 0.15) is 30.4 Å². The van der Waals surface area contributed by atoms with Crippen LogP contribution in [0, 0.1) is 0 Å². The molecule has 1 heteroatoms. The van der Waals surface area contributed by atoms with Gasteiger partial charge in [-0.15, -0.1) is 0 Å². The van der Waals surface area contributed by atoms with E-state index in [-0.39, 0.29) is 0 Å². The minimum atomic E-state index is 0.557. The van der Waals surface area contributed by atoms with Crippen LogP contribution >= 0.6 is 0 Å². The largest absolute Gasteiger partial charge is 0.372 e. The molecule has 0 radical (unpaired) electrons. The summed E-state index contributed by atoms with van der Waals surface area (Å²) in [5.41, 5.74) is 4.18. The molecular formula is C25H29N. The summed E-state index contributed by atoms with van der Waals surface area (Å²) in [5.74, 6) is 0. The van der Waals surface area contributed by atoms with Crippen molar-refractivity contribution in [3.8, 4) is 0 Å². The first-order valence-corrected chi connectivity index (χ1v) is 9.68. The molecule has 1 nitrogen and oxygen atoms in total. The zero-order valence-electron chi connectivity index (χ0n) is 15.7. The molecule has 0 aliphatic heterocycles. The standard InChI is InChI=1S/C25H29N/c1-26(24-17-9-4-10-18-24)25(21-20-23-14-7-3-8-15-23)19-11-16-22-12-5-2-6-13-22/h2-10,12-15,17-18,25H,11,16,19-21H2,1H3. The molecule has 1 unspecified atom stereocenters.